The molecular weight excluding hydrogens is 948 g/mol. The van der Waals surface area contributed by atoms with Crippen LogP contribution >= 0.6 is 23.4 Å². The monoisotopic (exact) mass is 1010 g/mol. The number of epoxide rings is 1. The predicted molar refractivity (Wildman–Crippen MR) is 256 cm³/mol. The second-order valence-corrected chi connectivity index (χ2v) is 22.0. The zero-order valence-electron chi connectivity index (χ0n) is 40.9. The van der Waals surface area contributed by atoms with Crippen molar-refractivity contribution >= 4 is 76.6 Å². The third-order valence-corrected chi connectivity index (χ3v) is 16.2. The normalized spacial score (nSPS) is 32.2. The van der Waals surface area contributed by atoms with Gasteiger partial charge in [-0.1, -0.05) is 48.4 Å². The van der Waals surface area contributed by atoms with Crippen LogP contribution in [-0.4, -0.2) is 129 Å². The van der Waals surface area contributed by atoms with Gasteiger partial charge >= 0.3 is 18.0 Å². The van der Waals surface area contributed by atoms with Crippen molar-refractivity contribution in [2.45, 2.75) is 159 Å². The van der Waals surface area contributed by atoms with Gasteiger partial charge in [-0.05, 0) is 102 Å². The summed E-state index contributed by atoms with van der Waals surface area (Å²) in [5, 5.41) is 14.6. The molecule has 18 nitrogen and oxygen atoms in total. The van der Waals surface area contributed by atoms with E-state index >= 15 is 0 Å². The molecule has 0 radical (unpaired) electrons. The van der Waals surface area contributed by atoms with Crippen molar-refractivity contribution in [3.8, 4) is 0 Å². The van der Waals surface area contributed by atoms with Gasteiger partial charge in [-0.3, -0.25) is 34.2 Å². The quantitative estimate of drug-likeness (QED) is 0.109. The van der Waals surface area contributed by atoms with Crippen LogP contribution in [0.3, 0.4) is 0 Å². The molecule has 20 heteroatoms. The molecule has 6 aliphatic rings. The molecule has 7 atom stereocenters. The van der Waals surface area contributed by atoms with E-state index in [0.29, 0.717) is 60.1 Å². The molecule has 0 aromatic heterocycles. The van der Waals surface area contributed by atoms with Crippen LogP contribution in [0.2, 0.25) is 5.02 Å². The van der Waals surface area contributed by atoms with Gasteiger partial charge < -0.3 is 33.8 Å². The van der Waals surface area contributed by atoms with Crippen molar-refractivity contribution in [2.75, 3.05) is 30.9 Å². The number of hydroxylamine groups is 2. The molecule has 1 saturated carbocycles. The smallest absolute Gasteiger partial charge is 0.409 e. The number of alkyl carbamates (subject to hydrolysis) is 1. The van der Waals surface area contributed by atoms with Crippen molar-refractivity contribution < 1.29 is 67.2 Å². The van der Waals surface area contributed by atoms with Crippen molar-refractivity contribution in [1.82, 2.24) is 15.3 Å². The molecule has 382 valence electrons. The van der Waals surface area contributed by atoms with E-state index in [1.54, 1.807) is 34.7 Å². The van der Waals surface area contributed by atoms with Crippen LogP contribution in [0.25, 0.3) is 0 Å². The lowest BCUT2D eigenvalue weighted by Crippen LogP contribution is -2.59. The zero-order chi connectivity index (χ0) is 50.9. The number of likely N-dealkylation sites (tertiary alicyclic amines) is 1. The lowest BCUT2D eigenvalue weighted by Gasteiger charge is -2.40. The number of ether oxygens (including phenoxy) is 4. The minimum atomic E-state index is -1.62. The maximum absolute atomic E-state index is 14.2. The van der Waals surface area contributed by atoms with Gasteiger partial charge in [-0.15, -0.1) is 16.8 Å². The Balaban J connectivity index is 0.938. The molecule has 0 spiro atoms. The fourth-order valence-corrected chi connectivity index (χ4v) is 11.1. The number of carbonyl (C=O) groups excluding carboxylic acids is 8. The number of amides is 6. The molecule has 4 bridgehead atoms. The van der Waals surface area contributed by atoms with Crippen LogP contribution < -0.4 is 10.2 Å². The van der Waals surface area contributed by atoms with Crippen molar-refractivity contribution in [2.24, 2.45) is 17.8 Å². The Hall–Kier alpha value is -4.82. The van der Waals surface area contributed by atoms with Crippen LogP contribution in [-0.2, 0) is 63.8 Å². The van der Waals surface area contributed by atoms with Gasteiger partial charge in [0.1, 0.15) is 23.5 Å². The molecule has 70 heavy (non-hydrogen) atoms. The zero-order valence-corrected chi connectivity index (χ0v) is 42.5. The summed E-state index contributed by atoms with van der Waals surface area (Å²) in [7, 11) is 1.61. The summed E-state index contributed by atoms with van der Waals surface area (Å²) in [4.78, 5) is 112. The number of nitrogens with one attached hydrogen (secondary N) is 1. The highest BCUT2D eigenvalue weighted by molar-refractivity contribution is 8.00. The Labute approximate surface area is 417 Å². The Kier molecular flexibility index (Phi) is 16.3. The number of halogens is 1. The van der Waals surface area contributed by atoms with Crippen LogP contribution in [0.5, 0.6) is 0 Å². The second kappa shape index (κ2) is 21.5. The molecule has 4 saturated heterocycles. The van der Waals surface area contributed by atoms with Gasteiger partial charge in [0.05, 0.1) is 34.4 Å². The summed E-state index contributed by atoms with van der Waals surface area (Å²) in [6, 6.07) is 3.82. The molecule has 5 fully saturated rings. The molecule has 1 aromatic rings. The Bertz CT molecular complexity index is 2320. The summed E-state index contributed by atoms with van der Waals surface area (Å²) >= 11 is 8.15. The number of imide groups is 2. The molecule has 5 aliphatic heterocycles. The summed E-state index contributed by atoms with van der Waals surface area (Å²) in [6.45, 7) is 10.9. The SMILES string of the molecule is C/C1=C\C=C\[C@@H](C)[C@@]2(O)CC(C[C@@H]3O[C@@]3(C)[C@@H](OC(=O)C(C)(C)OCCCSC3CC(=O)N(CC4CCC(C(=O)ON5C(=O)CCC5=O)CC4)C3=O)CC(=O)N(C)c3cc(cc(C)c3Cl)C1)OC(=O)N2. The lowest BCUT2D eigenvalue weighted by atomic mass is 9.82. The van der Waals surface area contributed by atoms with Crippen LogP contribution in [0.15, 0.2) is 35.9 Å². The summed E-state index contributed by atoms with van der Waals surface area (Å²) in [6.07, 6.45) is 5.38. The highest BCUT2D eigenvalue weighted by atomic mass is 35.5. The number of aryl methyl sites for hydroxylation is 1. The number of carbonyl (C=O) groups is 8. The van der Waals surface area contributed by atoms with Gasteiger partial charge in [-0.25, -0.2) is 14.4 Å². The number of hydrogen-bond acceptors (Lipinski definition) is 15. The topological polar surface area (TPSA) is 228 Å². The first-order chi connectivity index (χ1) is 33.0. The first-order valence-corrected chi connectivity index (χ1v) is 25.6. The third-order valence-electron chi connectivity index (χ3n) is 14.5. The first kappa shape index (κ1) is 53.0. The number of hydrogen-bond donors (Lipinski definition) is 2. The van der Waals surface area contributed by atoms with E-state index < -0.39 is 88.1 Å². The van der Waals surface area contributed by atoms with Crippen molar-refractivity contribution in [3.05, 3.63) is 52.1 Å². The van der Waals surface area contributed by atoms with E-state index in [9.17, 15) is 43.5 Å². The Morgan fingerprint density at radius 2 is 1.70 bits per heavy atom. The Morgan fingerprint density at radius 3 is 2.40 bits per heavy atom. The number of esters is 1. The van der Waals surface area contributed by atoms with Gasteiger partial charge in [0.15, 0.2) is 5.60 Å². The lowest BCUT2D eigenvalue weighted by molar-refractivity contribution is -0.201. The first-order valence-electron chi connectivity index (χ1n) is 24.1. The molecule has 7 rings (SSSR count). The molecule has 1 aliphatic carbocycles. The summed E-state index contributed by atoms with van der Waals surface area (Å²) < 4.78 is 24.1. The van der Waals surface area contributed by atoms with E-state index in [4.69, 9.17) is 35.4 Å². The molecular formula is C50H65ClN4O14S. The van der Waals surface area contributed by atoms with E-state index in [1.165, 1.54) is 21.6 Å². The predicted octanol–water partition coefficient (Wildman–Crippen LogP) is 5.80. The number of allylic oxidation sites excluding steroid dienone is 3. The molecule has 2 N–H and O–H groups in total. The highest BCUT2D eigenvalue weighted by Gasteiger charge is 2.62. The molecule has 6 amide bonds. The van der Waals surface area contributed by atoms with E-state index in [0.717, 1.165) is 16.7 Å². The Morgan fingerprint density at radius 1 is 1.00 bits per heavy atom. The largest absolute Gasteiger partial charge is 0.457 e. The summed E-state index contributed by atoms with van der Waals surface area (Å²) in [5.74, 6) is -3.87. The van der Waals surface area contributed by atoms with Gasteiger partial charge in [0, 0.05) is 58.2 Å². The standard InChI is InChI=1S/C50H65ClN4O14S/c1-28-10-8-11-30(3)50(64)26-34(66-47(63)52-50)23-38-49(6,68-38)37(25-41(58)53(7)35-22-32(20-28)21-29(2)43(35)51)67-46(62)48(4,5)65-18-9-19-70-36-24-42(59)54(44(36)60)27-31-12-14-33(15-13-31)45(61)69-55-39(56)16-17-40(55)57/h8,10-11,21-22,30-31,33-34,36-38,64H,9,12-20,23-27H2,1-7H3,(H,52,63)/b11-8+,28-10+/t30-,31?,33?,34?,36?,37+,38+,49+,50+/m1/s1. The van der Waals surface area contributed by atoms with E-state index in [-0.39, 0.29) is 69.4 Å². The number of benzene rings is 1. The maximum atomic E-state index is 14.2. The number of fused-ring (bicyclic) bond motifs is 5. The number of anilines is 1. The van der Waals surface area contributed by atoms with Crippen LogP contribution in [0.4, 0.5) is 10.5 Å². The van der Waals surface area contributed by atoms with Crippen LogP contribution in [0.1, 0.15) is 116 Å². The minimum Gasteiger partial charge on any atom is -0.457 e. The summed E-state index contributed by atoms with van der Waals surface area (Å²) in [5.41, 5.74) is -1.10. The van der Waals surface area contributed by atoms with Crippen molar-refractivity contribution in [3.63, 3.8) is 0 Å². The minimum absolute atomic E-state index is 0.00223. The van der Waals surface area contributed by atoms with Gasteiger partial charge in [0.2, 0.25) is 17.7 Å². The maximum Gasteiger partial charge on any atom is 0.409 e. The number of rotatable bonds is 12. The third kappa shape index (κ3) is 12.1. The molecule has 1 aromatic carbocycles. The molecule has 2 unspecified atom stereocenters. The second-order valence-electron chi connectivity index (χ2n) is 20.3. The fraction of sp³-hybridized carbons (Fsp3) is 0.640. The van der Waals surface area contributed by atoms with E-state index in [2.05, 4.69) is 5.32 Å². The average molecular weight is 1010 g/mol. The van der Waals surface area contributed by atoms with E-state index in [1.807, 2.05) is 44.2 Å². The van der Waals surface area contributed by atoms with Gasteiger partial charge in [0.25, 0.3) is 11.8 Å². The van der Waals surface area contributed by atoms with Crippen LogP contribution in [0, 0.1) is 24.7 Å². The van der Waals surface area contributed by atoms with Crippen molar-refractivity contribution in [1.29, 1.82) is 0 Å². The number of aliphatic hydroxyl groups is 1. The number of nitrogens with zero attached hydrogens (tertiary/aromatic N) is 3. The average Bonchev–Trinajstić information content (AvgIpc) is 3.74. The van der Waals surface area contributed by atoms with Gasteiger partial charge in [-0.2, -0.15) is 0 Å². The number of thioether (sulfide) groups is 1. The molecule has 5 heterocycles. The highest BCUT2D eigenvalue weighted by Crippen LogP contribution is 2.47. The fourth-order valence-electron chi connectivity index (χ4n) is 9.77.